The van der Waals surface area contributed by atoms with Crippen LogP contribution >= 0.6 is 11.6 Å². The number of methoxy groups -OCH3 is 2. The molecule has 0 fully saturated rings. The van der Waals surface area contributed by atoms with Crippen LogP contribution in [0.4, 0.5) is 0 Å². The van der Waals surface area contributed by atoms with E-state index in [0.29, 0.717) is 22.1 Å². The molecule has 25 heavy (non-hydrogen) atoms. The van der Waals surface area contributed by atoms with Crippen LogP contribution in [0.2, 0.25) is 5.02 Å². The molecule has 3 rings (SSSR count). The topological polar surface area (TPSA) is 42.2 Å². The number of nitriles is 1. The normalized spacial score (nSPS) is 11.2. The second kappa shape index (κ2) is 7.29. The highest BCUT2D eigenvalue weighted by atomic mass is 35.5. The lowest BCUT2D eigenvalue weighted by Crippen LogP contribution is -1.92. The lowest BCUT2D eigenvalue weighted by Gasteiger charge is -2.10. The van der Waals surface area contributed by atoms with E-state index in [0.717, 1.165) is 21.9 Å². The number of rotatable bonds is 4. The zero-order valence-corrected chi connectivity index (χ0v) is 14.7. The molecule has 4 heteroatoms. The zero-order chi connectivity index (χ0) is 17.8. The van der Waals surface area contributed by atoms with Crippen molar-refractivity contribution in [3.05, 3.63) is 70.7 Å². The van der Waals surface area contributed by atoms with Gasteiger partial charge in [0, 0.05) is 0 Å². The van der Waals surface area contributed by atoms with Gasteiger partial charge in [0.1, 0.15) is 0 Å². The Bertz CT molecular complexity index is 1000. The molecule has 0 atom stereocenters. The quantitative estimate of drug-likeness (QED) is 0.456. The number of halogens is 1. The molecule has 3 nitrogen and oxygen atoms in total. The Hall–Kier alpha value is -2.96. The Morgan fingerprint density at radius 2 is 1.76 bits per heavy atom. The third kappa shape index (κ3) is 3.45. The summed E-state index contributed by atoms with van der Waals surface area (Å²) in [4.78, 5) is 0. The summed E-state index contributed by atoms with van der Waals surface area (Å²) in [6.45, 7) is 0. The molecule has 0 unspecified atom stereocenters. The highest BCUT2D eigenvalue weighted by molar-refractivity contribution is 6.32. The first-order valence-electron chi connectivity index (χ1n) is 7.68. The van der Waals surface area contributed by atoms with Crippen molar-refractivity contribution in [2.75, 3.05) is 14.2 Å². The summed E-state index contributed by atoms with van der Waals surface area (Å²) in [6, 6.07) is 19.8. The van der Waals surface area contributed by atoms with Gasteiger partial charge in [-0.1, -0.05) is 48.0 Å². The second-order valence-electron chi connectivity index (χ2n) is 5.47. The molecule has 0 saturated heterocycles. The fourth-order valence-electron chi connectivity index (χ4n) is 2.72. The molecule has 0 aliphatic carbocycles. The first kappa shape index (κ1) is 16.9. The van der Waals surface area contributed by atoms with E-state index in [-0.39, 0.29) is 0 Å². The van der Waals surface area contributed by atoms with Gasteiger partial charge in [-0.15, -0.1) is 0 Å². The van der Waals surface area contributed by atoms with Crippen molar-refractivity contribution < 1.29 is 9.47 Å². The standard InChI is InChI=1S/C21H16ClNO2/c1-24-20-11-14(10-19(22)21(20)25-2)9-18(13-23)17-8-7-15-5-3-4-6-16(15)12-17/h3-12H,1-2H3/b18-9-. The van der Waals surface area contributed by atoms with E-state index in [1.165, 1.54) is 7.11 Å². The molecule has 0 radical (unpaired) electrons. The van der Waals surface area contributed by atoms with Crippen LogP contribution in [-0.4, -0.2) is 14.2 Å². The molecule has 124 valence electrons. The summed E-state index contributed by atoms with van der Waals surface area (Å²) >= 11 is 6.25. The minimum Gasteiger partial charge on any atom is -0.493 e. The summed E-state index contributed by atoms with van der Waals surface area (Å²) in [7, 11) is 3.09. The van der Waals surface area contributed by atoms with Crippen molar-refractivity contribution in [3.63, 3.8) is 0 Å². The minimum absolute atomic E-state index is 0.434. The number of benzene rings is 3. The highest BCUT2D eigenvalue weighted by Gasteiger charge is 2.11. The smallest absolute Gasteiger partial charge is 0.179 e. The van der Waals surface area contributed by atoms with Crippen LogP contribution in [0.1, 0.15) is 11.1 Å². The Labute approximate surface area is 151 Å². The summed E-state index contributed by atoms with van der Waals surface area (Å²) in [6.07, 6.45) is 1.79. The van der Waals surface area contributed by atoms with Gasteiger partial charge in [-0.3, -0.25) is 0 Å². The maximum absolute atomic E-state index is 9.60. The van der Waals surface area contributed by atoms with E-state index in [1.807, 2.05) is 42.5 Å². The molecule has 3 aromatic rings. The van der Waals surface area contributed by atoms with E-state index in [4.69, 9.17) is 21.1 Å². The van der Waals surface area contributed by atoms with Gasteiger partial charge in [0.05, 0.1) is 30.9 Å². The van der Waals surface area contributed by atoms with E-state index < -0.39 is 0 Å². The number of fused-ring (bicyclic) bond motifs is 1. The first-order chi connectivity index (χ1) is 12.2. The third-order valence-electron chi connectivity index (χ3n) is 3.95. The molecule has 0 heterocycles. The van der Waals surface area contributed by atoms with Gasteiger partial charge in [-0.2, -0.15) is 5.26 Å². The molecule has 0 aromatic heterocycles. The van der Waals surface area contributed by atoms with Gasteiger partial charge in [-0.05, 0) is 46.2 Å². The van der Waals surface area contributed by atoms with Crippen molar-refractivity contribution in [2.45, 2.75) is 0 Å². The average molecular weight is 350 g/mol. The molecule has 0 spiro atoms. The number of ether oxygens (including phenoxy) is 2. The first-order valence-corrected chi connectivity index (χ1v) is 8.06. The van der Waals surface area contributed by atoms with Crippen LogP contribution in [-0.2, 0) is 0 Å². The average Bonchev–Trinajstić information content (AvgIpc) is 2.65. The predicted octanol–water partition coefficient (Wildman–Crippen LogP) is 5.57. The Kier molecular flexibility index (Phi) is 4.92. The molecule has 0 N–H and O–H groups in total. The van der Waals surface area contributed by atoms with Crippen molar-refractivity contribution >= 4 is 34.0 Å². The van der Waals surface area contributed by atoms with Crippen molar-refractivity contribution in [1.29, 1.82) is 5.26 Å². The third-order valence-corrected chi connectivity index (χ3v) is 4.23. The van der Waals surface area contributed by atoms with E-state index in [1.54, 1.807) is 25.3 Å². The SMILES string of the molecule is COc1cc(/C=C(/C#N)c2ccc3ccccc3c2)cc(Cl)c1OC. The summed E-state index contributed by atoms with van der Waals surface area (Å²) < 4.78 is 10.6. The van der Waals surface area contributed by atoms with Crippen LogP contribution < -0.4 is 9.47 Å². The van der Waals surface area contributed by atoms with E-state index >= 15 is 0 Å². The molecule has 0 aliphatic rings. The van der Waals surface area contributed by atoms with Crippen LogP contribution in [0, 0.1) is 11.3 Å². The molecule has 3 aromatic carbocycles. The maximum atomic E-state index is 9.60. The molecule has 0 aliphatic heterocycles. The molecule has 0 bridgehead atoms. The van der Waals surface area contributed by atoms with Gasteiger partial charge in [0.2, 0.25) is 0 Å². The summed E-state index contributed by atoms with van der Waals surface area (Å²) in [5.74, 6) is 1.00. The monoisotopic (exact) mass is 349 g/mol. The van der Waals surface area contributed by atoms with Crippen LogP contribution in [0.25, 0.3) is 22.4 Å². The highest BCUT2D eigenvalue weighted by Crippen LogP contribution is 2.37. The molecule has 0 amide bonds. The Morgan fingerprint density at radius 3 is 2.44 bits per heavy atom. The van der Waals surface area contributed by atoms with Crippen LogP contribution in [0.3, 0.4) is 0 Å². The van der Waals surface area contributed by atoms with Gasteiger partial charge in [0.25, 0.3) is 0 Å². The minimum atomic E-state index is 0.434. The fourth-order valence-corrected chi connectivity index (χ4v) is 3.02. The van der Waals surface area contributed by atoms with Crippen LogP contribution in [0.15, 0.2) is 54.6 Å². The second-order valence-corrected chi connectivity index (χ2v) is 5.88. The molecular weight excluding hydrogens is 334 g/mol. The number of nitrogens with zero attached hydrogens (tertiary/aromatic N) is 1. The van der Waals surface area contributed by atoms with E-state index in [9.17, 15) is 5.26 Å². The van der Waals surface area contributed by atoms with E-state index in [2.05, 4.69) is 6.07 Å². The van der Waals surface area contributed by atoms with Gasteiger partial charge in [0.15, 0.2) is 11.5 Å². The van der Waals surface area contributed by atoms with Crippen LogP contribution in [0.5, 0.6) is 11.5 Å². The maximum Gasteiger partial charge on any atom is 0.179 e. The molecular formula is C21H16ClNO2. The lowest BCUT2D eigenvalue weighted by molar-refractivity contribution is 0.355. The van der Waals surface area contributed by atoms with Crippen molar-refractivity contribution in [1.82, 2.24) is 0 Å². The number of hydrogen-bond donors (Lipinski definition) is 0. The zero-order valence-electron chi connectivity index (χ0n) is 13.9. The molecule has 0 saturated carbocycles. The van der Waals surface area contributed by atoms with Crippen molar-refractivity contribution in [2.24, 2.45) is 0 Å². The lowest BCUT2D eigenvalue weighted by atomic mass is 10.00. The van der Waals surface area contributed by atoms with Gasteiger partial charge in [-0.25, -0.2) is 0 Å². The Balaban J connectivity index is 2.08. The summed E-state index contributed by atoms with van der Waals surface area (Å²) in [5.41, 5.74) is 2.17. The number of hydrogen-bond acceptors (Lipinski definition) is 3. The predicted molar refractivity (Wildman–Crippen MR) is 102 cm³/mol. The summed E-state index contributed by atoms with van der Waals surface area (Å²) in [5, 5.41) is 12.3. The van der Waals surface area contributed by atoms with Gasteiger partial charge < -0.3 is 9.47 Å². The largest absolute Gasteiger partial charge is 0.493 e. The number of allylic oxidation sites excluding steroid dienone is 1. The fraction of sp³-hybridized carbons (Fsp3) is 0.0952. The van der Waals surface area contributed by atoms with Gasteiger partial charge >= 0.3 is 0 Å². The Morgan fingerprint density at radius 1 is 1.00 bits per heavy atom. The van der Waals surface area contributed by atoms with Crippen molar-refractivity contribution in [3.8, 4) is 17.6 Å².